The number of nitrogens with two attached hydrogens (primary N) is 1. The summed E-state index contributed by atoms with van der Waals surface area (Å²) in [6.45, 7) is 0.0861. The van der Waals surface area contributed by atoms with E-state index >= 15 is 0 Å². The lowest BCUT2D eigenvalue weighted by Crippen LogP contribution is -2.19. The minimum absolute atomic E-state index is 0.0734. The number of rotatable bonds is 4. The zero-order chi connectivity index (χ0) is 18.7. The number of amidine groups is 1. The Kier molecular flexibility index (Phi) is 10.4. The van der Waals surface area contributed by atoms with Crippen LogP contribution in [0.5, 0.6) is 0 Å². The van der Waals surface area contributed by atoms with Gasteiger partial charge in [-0.25, -0.2) is 13.2 Å². The summed E-state index contributed by atoms with van der Waals surface area (Å²) in [5.41, 5.74) is 4.82. The molecule has 24 heavy (non-hydrogen) atoms. The summed E-state index contributed by atoms with van der Waals surface area (Å²) in [7, 11) is 1.00. The van der Waals surface area contributed by atoms with E-state index < -0.39 is 29.3 Å². The molecule has 1 aromatic rings. The topological polar surface area (TPSA) is 97.3 Å². The Labute approximate surface area is 137 Å². The van der Waals surface area contributed by atoms with Crippen molar-refractivity contribution >= 4 is 5.84 Å². The Balaban J connectivity index is 0.00000123. The number of aliphatic imine (C=N–C) groups is 1. The van der Waals surface area contributed by atoms with Gasteiger partial charge in [-0.1, -0.05) is 0 Å². The van der Waals surface area contributed by atoms with Gasteiger partial charge in [-0.3, -0.25) is 4.99 Å². The van der Waals surface area contributed by atoms with Crippen LogP contribution in [0.3, 0.4) is 0 Å². The molecule has 0 atom stereocenters. The second-order valence-electron chi connectivity index (χ2n) is 4.02. The van der Waals surface area contributed by atoms with Crippen molar-refractivity contribution in [3.8, 4) is 12.8 Å². The molecule has 1 heterocycles. The van der Waals surface area contributed by atoms with E-state index in [1.54, 1.807) is 0 Å². The molecule has 1 aliphatic heterocycles. The molecule has 0 aromatic heterocycles. The van der Waals surface area contributed by atoms with Gasteiger partial charge in [0.15, 0.2) is 23.7 Å². The molecule has 0 amide bonds. The number of benzene rings is 1. The second-order valence-corrected chi connectivity index (χ2v) is 4.02. The molecule has 0 bridgehead atoms. The van der Waals surface area contributed by atoms with Gasteiger partial charge in [0.2, 0.25) is 0 Å². The van der Waals surface area contributed by atoms with Gasteiger partial charge in [0.1, 0.15) is 5.84 Å². The SMILES string of the molecule is C#C.CO.NC(=NCCO)c1cc(C2OCCO2)c(F)c(F)c1F. The number of terminal acetylenes is 1. The minimum Gasteiger partial charge on any atom is -0.400 e. The van der Waals surface area contributed by atoms with Crippen LogP contribution in [0.25, 0.3) is 0 Å². The average Bonchev–Trinajstić information content (AvgIpc) is 3.15. The smallest absolute Gasteiger partial charge is 0.195 e. The molecule has 134 valence electrons. The predicted octanol–water partition coefficient (Wildman–Crippen LogP) is 0.705. The van der Waals surface area contributed by atoms with Crippen molar-refractivity contribution in [2.24, 2.45) is 10.7 Å². The van der Waals surface area contributed by atoms with E-state index in [4.69, 9.17) is 25.4 Å². The highest BCUT2D eigenvalue weighted by Gasteiger charge is 2.28. The fourth-order valence-electron chi connectivity index (χ4n) is 1.78. The standard InChI is InChI=1S/C12H13F3N2O3.C2H2.CH4O/c13-8-6(11(16)17-1-2-18)5-7(9(14)10(8)15)12-19-3-4-20-12;2*1-2/h5,12,18H,1-4H2,(H2,16,17);1-2H;2H,1H3. The zero-order valence-electron chi connectivity index (χ0n) is 13.0. The summed E-state index contributed by atoms with van der Waals surface area (Å²) in [5, 5.41) is 15.6. The monoisotopic (exact) mass is 348 g/mol. The number of hydrogen-bond donors (Lipinski definition) is 3. The molecule has 0 unspecified atom stereocenters. The molecule has 0 aliphatic carbocycles. The number of aliphatic hydroxyl groups excluding tert-OH is 2. The van der Waals surface area contributed by atoms with Crippen molar-refractivity contribution in [1.29, 1.82) is 0 Å². The molecule has 0 saturated carbocycles. The summed E-state index contributed by atoms with van der Waals surface area (Å²) in [6, 6.07) is 1.000. The van der Waals surface area contributed by atoms with Crippen LogP contribution in [0.4, 0.5) is 13.2 Å². The Morgan fingerprint density at radius 2 is 1.75 bits per heavy atom. The van der Waals surface area contributed by atoms with E-state index in [0.29, 0.717) is 0 Å². The van der Waals surface area contributed by atoms with E-state index in [1.165, 1.54) is 0 Å². The molecule has 6 nitrogen and oxygen atoms in total. The molecule has 1 fully saturated rings. The molecule has 0 spiro atoms. The van der Waals surface area contributed by atoms with Crippen molar-refractivity contribution in [2.75, 3.05) is 33.5 Å². The third-order valence-electron chi connectivity index (χ3n) is 2.71. The van der Waals surface area contributed by atoms with E-state index in [9.17, 15) is 13.2 Å². The summed E-state index contributed by atoms with van der Waals surface area (Å²) in [4.78, 5) is 3.65. The third kappa shape index (κ3) is 5.21. The van der Waals surface area contributed by atoms with Crippen LogP contribution in [-0.4, -0.2) is 49.5 Å². The van der Waals surface area contributed by atoms with Crippen LogP contribution in [-0.2, 0) is 9.47 Å². The highest BCUT2D eigenvalue weighted by atomic mass is 19.2. The number of nitrogens with zero attached hydrogens (tertiary/aromatic N) is 1. The Hall–Kier alpha value is -2.12. The van der Waals surface area contributed by atoms with E-state index in [0.717, 1.165) is 13.2 Å². The summed E-state index contributed by atoms with van der Waals surface area (Å²) < 4.78 is 51.1. The van der Waals surface area contributed by atoms with Gasteiger partial charge in [0.05, 0.1) is 31.9 Å². The van der Waals surface area contributed by atoms with Gasteiger partial charge in [0, 0.05) is 12.7 Å². The first-order valence-electron chi connectivity index (χ1n) is 6.66. The molecule has 9 heteroatoms. The van der Waals surface area contributed by atoms with Gasteiger partial charge in [-0.2, -0.15) is 0 Å². The number of hydrogen-bond acceptors (Lipinski definition) is 5. The van der Waals surface area contributed by atoms with E-state index in [-0.39, 0.29) is 37.8 Å². The van der Waals surface area contributed by atoms with Gasteiger partial charge in [-0.15, -0.1) is 12.8 Å². The Morgan fingerprint density at radius 3 is 2.25 bits per heavy atom. The molecule has 1 aromatic carbocycles. The first kappa shape index (κ1) is 21.9. The highest BCUT2D eigenvalue weighted by molar-refractivity contribution is 5.98. The first-order valence-corrected chi connectivity index (χ1v) is 6.66. The fourth-order valence-corrected chi connectivity index (χ4v) is 1.78. The lowest BCUT2D eigenvalue weighted by Gasteiger charge is -2.14. The maximum atomic E-state index is 13.7. The zero-order valence-corrected chi connectivity index (χ0v) is 13.0. The number of ether oxygens (including phenoxy) is 2. The van der Waals surface area contributed by atoms with Gasteiger partial charge in [-0.05, 0) is 6.07 Å². The molecule has 4 N–H and O–H groups in total. The van der Waals surface area contributed by atoms with Crippen LogP contribution in [0.1, 0.15) is 17.4 Å². The van der Waals surface area contributed by atoms with Gasteiger partial charge in [0.25, 0.3) is 0 Å². The maximum Gasteiger partial charge on any atom is 0.195 e. The average molecular weight is 348 g/mol. The van der Waals surface area contributed by atoms with Crippen LogP contribution in [0.2, 0.25) is 0 Å². The number of halogens is 3. The Morgan fingerprint density at radius 1 is 1.21 bits per heavy atom. The van der Waals surface area contributed by atoms with Crippen molar-refractivity contribution in [3.63, 3.8) is 0 Å². The molecule has 1 saturated heterocycles. The predicted molar refractivity (Wildman–Crippen MR) is 81.7 cm³/mol. The normalized spacial score (nSPS) is 14.4. The Bertz CT molecular complexity index is 574. The second kappa shape index (κ2) is 11.4. The molecule has 1 aliphatic rings. The summed E-state index contributed by atoms with van der Waals surface area (Å²) >= 11 is 0. The van der Waals surface area contributed by atoms with E-state index in [1.807, 2.05) is 0 Å². The van der Waals surface area contributed by atoms with Crippen LogP contribution < -0.4 is 5.73 Å². The molecular weight excluding hydrogens is 329 g/mol. The summed E-state index contributed by atoms with van der Waals surface area (Å²) in [6.07, 6.45) is 6.90. The van der Waals surface area contributed by atoms with Crippen LogP contribution in [0.15, 0.2) is 11.1 Å². The third-order valence-corrected chi connectivity index (χ3v) is 2.71. The van der Waals surface area contributed by atoms with Crippen LogP contribution >= 0.6 is 0 Å². The molecule has 0 radical (unpaired) electrons. The van der Waals surface area contributed by atoms with Gasteiger partial charge >= 0.3 is 0 Å². The molecule has 2 rings (SSSR count). The van der Waals surface area contributed by atoms with Gasteiger partial charge < -0.3 is 25.4 Å². The first-order chi connectivity index (χ1) is 11.6. The maximum absolute atomic E-state index is 13.7. The highest BCUT2D eigenvalue weighted by Crippen LogP contribution is 2.29. The lowest BCUT2D eigenvalue weighted by molar-refractivity contribution is -0.0469. The lowest BCUT2D eigenvalue weighted by atomic mass is 10.1. The minimum atomic E-state index is -1.67. The van der Waals surface area contributed by atoms with Crippen LogP contribution in [0, 0.1) is 30.3 Å². The fraction of sp³-hybridized carbons (Fsp3) is 0.400. The number of aliphatic hydroxyl groups is 2. The summed E-state index contributed by atoms with van der Waals surface area (Å²) in [5.74, 6) is -4.83. The van der Waals surface area contributed by atoms with E-state index in [2.05, 4.69) is 17.8 Å². The van der Waals surface area contributed by atoms with Crippen molar-refractivity contribution in [2.45, 2.75) is 6.29 Å². The molecular formula is C15H19F3N2O4. The largest absolute Gasteiger partial charge is 0.400 e. The van der Waals surface area contributed by atoms with Crippen molar-refractivity contribution < 1.29 is 32.9 Å². The van der Waals surface area contributed by atoms with Crippen molar-refractivity contribution in [1.82, 2.24) is 0 Å². The van der Waals surface area contributed by atoms with Crippen molar-refractivity contribution in [3.05, 3.63) is 34.6 Å². The quantitative estimate of drug-likeness (QED) is 0.322.